The Balaban J connectivity index is 1.41. The second-order valence-corrected chi connectivity index (χ2v) is 10.7. The molecule has 0 saturated carbocycles. The average molecular weight is 523 g/mol. The van der Waals surface area contributed by atoms with Crippen LogP contribution in [0.4, 0.5) is 0 Å². The third kappa shape index (κ3) is 6.74. The minimum absolute atomic E-state index is 0.0390. The third-order valence-corrected chi connectivity index (χ3v) is 7.53. The lowest BCUT2D eigenvalue weighted by Crippen LogP contribution is -2.51. The van der Waals surface area contributed by atoms with Gasteiger partial charge in [0.05, 0.1) is 0 Å². The minimum atomic E-state index is -0.686. The molecule has 0 aliphatic heterocycles. The number of hydrogen-bond donors (Lipinski definition) is 2. The van der Waals surface area contributed by atoms with Crippen LogP contribution in [0.25, 0.3) is 11.0 Å². The topological polar surface area (TPSA) is 97.6 Å². The Morgan fingerprint density at radius 2 is 1.76 bits per heavy atom. The van der Waals surface area contributed by atoms with E-state index in [2.05, 4.69) is 10.6 Å². The molecule has 0 saturated heterocycles. The highest BCUT2D eigenvalue weighted by Gasteiger charge is 2.23. The van der Waals surface area contributed by atoms with Gasteiger partial charge in [-0.2, -0.15) is 11.8 Å². The zero-order valence-electron chi connectivity index (χ0n) is 21.6. The van der Waals surface area contributed by atoms with Crippen molar-refractivity contribution in [2.75, 3.05) is 12.4 Å². The van der Waals surface area contributed by atoms with Crippen molar-refractivity contribution in [2.45, 2.75) is 64.3 Å². The van der Waals surface area contributed by atoms with Crippen molar-refractivity contribution in [1.29, 1.82) is 0 Å². The molecule has 7 nitrogen and oxygen atoms in total. The monoisotopic (exact) mass is 522 g/mol. The highest BCUT2D eigenvalue weighted by atomic mass is 32.2. The molecule has 1 heterocycles. The molecule has 37 heavy (non-hydrogen) atoms. The Hall–Kier alpha value is -3.26. The first-order valence-electron chi connectivity index (χ1n) is 12.8. The number of hydrogen-bond acceptors (Lipinski definition) is 6. The van der Waals surface area contributed by atoms with Crippen LogP contribution in [0.3, 0.4) is 0 Å². The van der Waals surface area contributed by atoms with Crippen molar-refractivity contribution in [2.24, 2.45) is 0 Å². The first-order valence-corrected chi connectivity index (χ1v) is 13.9. The highest BCUT2D eigenvalue weighted by Crippen LogP contribution is 2.32. The summed E-state index contributed by atoms with van der Waals surface area (Å²) in [6.07, 6.45) is 3.67. The van der Waals surface area contributed by atoms with E-state index in [1.165, 1.54) is 0 Å². The SMILES string of the molecule is Cc1c(OCC(=O)NC(CSCc2ccccc2)C(=O)NC(C)C)ccc2c3c(c(=O)oc12)CCCC3. The number of rotatable bonds is 10. The molecule has 2 amide bonds. The zero-order valence-corrected chi connectivity index (χ0v) is 22.4. The number of nitrogens with one attached hydrogen (secondary N) is 2. The van der Waals surface area contributed by atoms with E-state index in [0.29, 0.717) is 22.6 Å². The number of carbonyl (C=O) groups is 2. The van der Waals surface area contributed by atoms with Crippen LogP contribution in [0.15, 0.2) is 51.7 Å². The summed E-state index contributed by atoms with van der Waals surface area (Å²) < 4.78 is 11.5. The van der Waals surface area contributed by atoms with E-state index in [1.807, 2.05) is 63.2 Å². The van der Waals surface area contributed by atoms with Crippen LogP contribution in [0.2, 0.25) is 0 Å². The van der Waals surface area contributed by atoms with Gasteiger partial charge >= 0.3 is 5.63 Å². The minimum Gasteiger partial charge on any atom is -0.483 e. The number of amides is 2. The molecule has 3 aromatic rings. The van der Waals surface area contributed by atoms with Gasteiger partial charge in [-0.05, 0) is 69.7 Å². The summed E-state index contributed by atoms with van der Waals surface area (Å²) in [6, 6.07) is 13.0. The largest absolute Gasteiger partial charge is 0.483 e. The van der Waals surface area contributed by atoms with E-state index in [9.17, 15) is 14.4 Å². The molecule has 0 bridgehead atoms. The zero-order chi connectivity index (χ0) is 26.4. The normalized spacial score (nSPS) is 13.7. The van der Waals surface area contributed by atoms with Gasteiger partial charge in [-0.3, -0.25) is 9.59 Å². The van der Waals surface area contributed by atoms with Gasteiger partial charge in [-0.25, -0.2) is 4.79 Å². The predicted molar refractivity (Wildman–Crippen MR) is 147 cm³/mol. The summed E-state index contributed by atoms with van der Waals surface area (Å²) in [6.45, 7) is 5.34. The van der Waals surface area contributed by atoms with E-state index in [0.717, 1.165) is 53.5 Å². The maximum atomic E-state index is 12.8. The Morgan fingerprint density at radius 3 is 2.49 bits per heavy atom. The predicted octanol–water partition coefficient (Wildman–Crippen LogP) is 4.30. The summed E-state index contributed by atoms with van der Waals surface area (Å²) >= 11 is 1.58. The second kappa shape index (κ2) is 12.3. The molecule has 1 aromatic heterocycles. The van der Waals surface area contributed by atoms with Crippen LogP contribution in [0, 0.1) is 6.92 Å². The average Bonchev–Trinajstić information content (AvgIpc) is 2.88. The summed E-state index contributed by atoms with van der Waals surface area (Å²) in [7, 11) is 0. The second-order valence-electron chi connectivity index (χ2n) is 9.69. The van der Waals surface area contributed by atoms with Gasteiger partial charge in [0.2, 0.25) is 5.91 Å². The fraction of sp³-hybridized carbons (Fsp3) is 0.414. The number of ether oxygens (including phenoxy) is 1. The van der Waals surface area contributed by atoms with E-state index < -0.39 is 11.9 Å². The van der Waals surface area contributed by atoms with Crippen LogP contribution in [-0.4, -0.2) is 36.3 Å². The first kappa shape index (κ1) is 26.8. The third-order valence-electron chi connectivity index (χ3n) is 6.43. The molecule has 1 unspecified atom stereocenters. The molecular formula is C29H34N2O5S. The number of benzene rings is 2. The van der Waals surface area contributed by atoms with Crippen LogP contribution >= 0.6 is 11.8 Å². The van der Waals surface area contributed by atoms with Crippen molar-refractivity contribution in [3.8, 4) is 5.75 Å². The molecular weight excluding hydrogens is 488 g/mol. The standard InChI is InChI=1S/C29H34N2O5S/c1-18(2)30-28(33)24(17-37-16-20-9-5-4-6-10-20)31-26(32)15-35-25-14-13-22-21-11-7-8-12-23(21)29(34)36-27(22)19(25)3/h4-6,9-10,13-14,18,24H,7-8,11-12,15-17H2,1-3H3,(H,30,33)(H,31,32). The van der Waals surface area contributed by atoms with E-state index in [4.69, 9.17) is 9.15 Å². The number of thioether (sulfide) groups is 1. The summed E-state index contributed by atoms with van der Waals surface area (Å²) in [5.74, 6) is 1.03. The van der Waals surface area contributed by atoms with Crippen LogP contribution in [-0.2, 0) is 28.2 Å². The van der Waals surface area contributed by atoms with Crippen LogP contribution in [0.1, 0.15) is 48.9 Å². The molecule has 1 aliphatic rings. The highest BCUT2D eigenvalue weighted by molar-refractivity contribution is 7.98. The van der Waals surface area contributed by atoms with E-state index >= 15 is 0 Å². The van der Waals surface area contributed by atoms with Gasteiger partial charge < -0.3 is 19.8 Å². The van der Waals surface area contributed by atoms with Crippen molar-refractivity contribution in [3.63, 3.8) is 0 Å². The molecule has 1 atom stereocenters. The summed E-state index contributed by atoms with van der Waals surface area (Å²) in [5.41, 5.74) is 3.91. The molecule has 0 spiro atoms. The van der Waals surface area contributed by atoms with Crippen molar-refractivity contribution in [1.82, 2.24) is 10.6 Å². The molecule has 1 aliphatic carbocycles. The molecule has 2 aromatic carbocycles. The molecule has 0 radical (unpaired) electrons. The van der Waals surface area contributed by atoms with Gasteiger partial charge in [0, 0.05) is 34.1 Å². The number of carbonyl (C=O) groups excluding carboxylic acids is 2. The fourth-order valence-electron chi connectivity index (χ4n) is 4.60. The van der Waals surface area contributed by atoms with Crippen molar-refractivity contribution < 1.29 is 18.7 Å². The smallest absolute Gasteiger partial charge is 0.339 e. The number of fused-ring (bicyclic) bond motifs is 3. The maximum Gasteiger partial charge on any atom is 0.339 e. The lowest BCUT2D eigenvalue weighted by molar-refractivity contribution is -0.129. The van der Waals surface area contributed by atoms with Gasteiger partial charge in [0.25, 0.3) is 5.91 Å². The van der Waals surface area contributed by atoms with Gasteiger partial charge in [0.1, 0.15) is 17.4 Å². The lowest BCUT2D eigenvalue weighted by atomic mass is 9.90. The van der Waals surface area contributed by atoms with E-state index in [-0.39, 0.29) is 24.2 Å². The summed E-state index contributed by atoms with van der Waals surface area (Å²) in [4.78, 5) is 38.0. The quantitative estimate of drug-likeness (QED) is 0.385. The molecule has 2 N–H and O–H groups in total. The number of aryl methyl sites for hydroxylation is 2. The molecule has 0 fully saturated rings. The van der Waals surface area contributed by atoms with Crippen molar-refractivity contribution >= 4 is 34.5 Å². The molecule has 4 rings (SSSR count). The Bertz CT molecular complexity index is 1320. The maximum absolute atomic E-state index is 12.8. The van der Waals surface area contributed by atoms with E-state index in [1.54, 1.807) is 11.8 Å². The van der Waals surface area contributed by atoms with Gasteiger partial charge in [-0.1, -0.05) is 30.3 Å². The summed E-state index contributed by atoms with van der Waals surface area (Å²) in [5, 5.41) is 6.63. The first-order chi connectivity index (χ1) is 17.8. The lowest BCUT2D eigenvalue weighted by Gasteiger charge is -2.20. The Morgan fingerprint density at radius 1 is 1.03 bits per heavy atom. The molecule has 8 heteroatoms. The molecule has 196 valence electrons. The Labute approximate surface area is 221 Å². The Kier molecular flexibility index (Phi) is 8.92. The van der Waals surface area contributed by atoms with Crippen LogP contribution in [0.5, 0.6) is 5.75 Å². The van der Waals surface area contributed by atoms with Gasteiger partial charge in [-0.15, -0.1) is 0 Å². The fourth-order valence-corrected chi connectivity index (χ4v) is 5.61. The van der Waals surface area contributed by atoms with Gasteiger partial charge in [0.15, 0.2) is 6.61 Å². The van der Waals surface area contributed by atoms with Crippen molar-refractivity contribution in [3.05, 3.63) is 75.1 Å². The van der Waals surface area contributed by atoms with Crippen LogP contribution < -0.4 is 21.0 Å².